The smallest absolute Gasteiger partial charge is 0.162 e. The summed E-state index contributed by atoms with van der Waals surface area (Å²) in [6, 6.07) is 10.0. The van der Waals surface area contributed by atoms with Crippen molar-refractivity contribution in [2.45, 2.75) is 19.8 Å². The average Bonchev–Trinajstić information content (AvgIpc) is 2.87. The topological polar surface area (TPSA) is 40.6 Å². The monoisotopic (exact) mass is 317 g/mol. The number of hydrogen-bond acceptors (Lipinski definition) is 1. The Labute approximate surface area is 120 Å². The van der Waals surface area contributed by atoms with Gasteiger partial charge in [0, 0.05) is 0 Å². The van der Waals surface area contributed by atoms with Gasteiger partial charge in [-0.05, 0) is 0 Å². The standard InChI is InChI=1S/C5H5.C4H9N.2C2H6N.Nb/c1-2-4-5-3-1;1-2-3-4-5;2*1-3-2;/h1-5H;2-4H2,1H3;2*1-2H3;/q-1;;2*-1;. The van der Waals surface area contributed by atoms with E-state index >= 15 is 0 Å². The molecule has 0 atom stereocenters. The van der Waals surface area contributed by atoms with E-state index in [2.05, 4.69) is 20.9 Å². The van der Waals surface area contributed by atoms with Crippen LogP contribution in [0.25, 0.3) is 10.6 Å². The molecular weight excluding hydrogens is 291 g/mol. The molecule has 0 fully saturated rings. The molecule has 0 aliphatic carbocycles. The van der Waals surface area contributed by atoms with Crippen LogP contribution in [0.15, 0.2) is 33.7 Å². The van der Waals surface area contributed by atoms with E-state index in [9.17, 15) is 0 Å². The Balaban J connectivity index is -0.000000162. The van der Waals surface area contributed by atoms with E-state index < -0.39 is 0 Å². The molecule has 1 aromatic carbocycles. The van der Waals surface area contributed by atoms with E-state index in [1.165, 1.54) is 12.8 Å². The predicted molar refractivity (Wildman–Crippen MR) is 74.7 cm³/mol. The molecule has 101 valence electrons. The van der Waals surface area contributed by atoms with E-state index in [4.69, 9.17) is 0 Å². The molecule has 0 saturated heterocycles. The van der Waals surface area contributed by atoms with Crippen LogP contribution < -0.4 is 0 Å². The SMILES string of the molecule is CCCC[N]=[Nb].C[N-]C.C[N-]C.c1cc[cH-]c1. The Bertz CT molecular complexity index is 158. The van der Waals surface area contributed by atoms with Crippen LogP contribution in [-0.4, -0.2) is 34.7 Å². The third-order valence-corrected chi connectivity index (χ3v) is 1.66. The quantitative estimate of drug-likeness (QED) is 0.456. The Morgan fingerprint density at radius 3 is 1.59 bits per heavy atom. The molecule has 3 nitrogen and oxygen atoms in total. The summed E-state index contributed by atoms with van der Waals surface area (Å²) in [6.07, 6.45) is 2.53. The van der Waals surface area contributed by atoms with E-state index in [1.54, 1.807) is 49.1 Å². The van der Waals surface area contributed by atoms with Gasteiger partial charge in [0.25, 0.3) is 0 Å². The van der Waals surface area contributed by atoms with Crippen LogP contribution in [0.3, 0.4) is 0 Å². The molecule has 0 bridgehead atoms. The fourth-order valence-corrected chi connectivity index (χ4v) is 0.897. The Morgan fingerprint density at radius 1 is 1.06 bits per heavy atom. The zero-order valence-corrected chi connectivity index (χ0v) is 14.0. The van der Waals surface area contributed by atoms with Gasteiger partial charge in [-0.15, -0.1) is 0 Å². The van der Waals surface area contributed by atoms with Crippen molar-refractivity contribution in [3.8, 4) is 0 Å². The molecule has 0 aromatic heterocycles. The average molecular weight is 317 g/mol. The van der Waals surface area contributed by atoms with Gasteiger partial charge in [-0.2, -0.15) is 46.4 Å². The summed E-state index contributed by atoms with van der Waals surface area (Å²) in [5.74, 6) is 0. The van der Waals surface area contributed by atoms with Gasteiger partial charge < -0.3 is 10.6 Å². The molecule has 0 aliphatic heterocycles. The van der Waals surface area contributed by atoms with Gasteiger partial charge in [0.1, 0.15) is 0 Å². The van der Waals surface area contributed by atoms with E-state index in [-0.39, 0.29) is 0 Å². The van der Waals surface area contributed by atoms with Gasteiger partial charge >= 0.3 is 50.5 Å². The summed E-state index contributed by atoms with van der Waals surface area (Å²) in [4.78, 5) is 0. The van der Waals surface area contributed by atoms with Gasteiger partial charge in [0.2, 0.25) is 0 Å². The van der Waals surface area contributed by atoms with Gasteiger partial charge in [-0.3, -0.25) is 0 Å². The van der Waals surface area contributed by atoms with Crippen LogP contribution in [0.2, 0.25) is 0 Å². The minimum Gasteiger partial charge on any atom is -0.668 e. The van der Waals surface area contributed by atoms with Gasteiger partial charge in [-0.1, -0.05) is 0 Å². The maximum absolute atomic E-state index is 3.98. The van der Waals surface area contributed by atoms with Crippen molar-refractivity contribution in [2.24, 2.45) is 3.34 Å². The molecule has 1 rings (SSSR count). The van der Waals surface area contributed by atoms with Gasteiger partial charge in [-0.25, -0.2) is 12.1 Å². The Morgan fingerprint density at radius 2 is 1.47 bits per heavy atom. The first-order valence-corrected chi connectivity index (χ1v) is 6.66. The van der Waals surface area contributed by atoms with Crippen LogP contribution in [0.4, 0.5) is 0 Å². The van der Waals surface area contributed by atoms with Crippen molar-refractivity contribution in [2.75, 3.05) is 34.7 Å². The second kappa shape index (κ2) is 29.7. The van der Waals surface area contributed by atoms with Crippen LogP contribution in [0, 0.1) is 0 Å². The van der Waals surface area contributed by atoms with E-state index in [0.717, 1.165) is 6.54 Å². The van der Waals surface area contributed by atoms with Crippen LogP contribution in [0.5, 0.6) is 0 Å². The molecule has 17 heavy (non-hydrogen) atoms. The summed E-state index contributed by atoms with van der Waals surface area (Å²) in [6.45, 7) is 3.24. The predicted octanol–water partition coefficient (Wildman–Crippen LogP) is 4.16. The van der Waals surface area contributed by atoms with E-state index in [0.29, 0.717) is 0 Å². The summed E-state index contributed by atoms with van der Waals surface area (Å²) < 4.78 is 3.98. The fourth-order valence-electron chi connectivity index (χ4n) is 0.550. The van der Waals surface area contributed by atoms with Crippen molar-refractivity contribution in [3.63, 3.8) is 0 Å². The maximum atomic E-state index is 3.98. The molecule has 0 N–H and O–H groups in total. The molecule has 0 unspecified atom stereocenters. The van der Waals surface area contributed by atoms with Crippen LogP contribution in [0.1, 0.15) is 19.8 Å². The number of nitrogens with zero attached hydrogens (tertiary/aromatic N) is 3. The summed E-state index contributed by atoms with van der Waals surface area (Å²) in [5.41, 5.74) is 0. The molecule has 0 saturated carbocycles. The zero-order valence-electron chi connectivity index (χ0n) is 11.8. The zero-order chi connectivity index (χ0) is 13.8. The molecule has 0 amide bonds. The molecule has 0 aliphatic rings. The molecule has 0 heterocycles. The van der Waals surface area contributed by atoms with Crippen molar-refractivity contribution in [1.29, 1.82) is 0 Å². The first kappa shape index (κ1) is 22.0. The Kier molecular flexibility index (Phi) is 38.5. The fraction of sp³-hybridized carbons (Fsp3) is 0.615. The Hall–Kier alpha value is -0.190. The molecule has 0 spiro atoms. The number of unbranched alkanes of at least 4 members (excludes halogenated alkanes) is 1. The van der Waals surface area contributed by atoms with Crippen molar-refractivity contribution < 1.29 is 20.9 Å². The third-order valence-electron chi connectivity index (χ3n) is 1.17. The van der Waals surface area contributed by atoms with Crippen LogP contribution >= 0.6 is 0 Å². The number of rotatable bonds is 3. The third kappa shape index (κ3) is 49.4. The molecule has 1 aromatic rings. The molecule has 0 radical (unpaired) electrons. The summed E-state index contributed by atoms with van der Waals surface area (Å²) in [5, 5.41) is 7.00. The minimum atomic E-state index is 1.06. The molecular formula is C13H26N3Nb-3. The first-order chi connectivity index (χ1) is 8.24. The summed E-state index contributed by atoms with van der Waals surface area (Å²) in [7, 11) is 7.00. The second-order valence-electron chi connectivity index (χ2n) is 3.08. The molecule has 4 heteroatoms. The van der Waals surface area contributed by atoms with Crippen molar-refractivity contribution in [3.05, 3.63) is 41.0 Å². The van der Waals surface area contributed by atoms with E-state index in [1.807, 2.05) is 30.3 Å². The second-order valence-corrected chi connectivity index (χ2v) is 3.77. The minimum absolute atomic E-state index is 1.06. The van der Waals surface area contributed by atoms with Crippen LogP contribution in [-0.2, 0) is 20.9 Å². The summed E-state index contributed by atoms with van der Waals surface area (Å²) >= 11 is 1.56. The normalized spacial score (nSPS) is 7.29. The largest absolute Gasteiger partial charge is 0.668 e. The maximum Gasteiger partial charge on any atom is -0.162 e. The van der Waals surface area contributed by atoms with Gasteiger partial charge in [0.05, 0.1) is 0 Å². The van der Waals surface area contributed by atoms with Crippen molar-refractivity contribution >= 4 is 0 Å². The van der Waals surface area contributed by atoms with Crippen molar-refractivity contribution in [1.82, 2.24) is 0 Å². The first-order valence-electron chi connectivity index (χ1n) is 5.68. The number of hydrogen-bond donors (Lipinski definition) is 0. The van der Waals surface area contributed by atoms with Gasteiger partial charge in [0.15, 0.2) is 0 Å².